The molecular weight excluding hydrogens is 244 g/mol. The Morgan fingerprint density at radius 1 is 1.17 bits per heavy atom. The molecule has 1 aromatic rings. The third-order valence-electron chi connectivity index (χ3n) is 3.59. The van der Waals surface area contributed by atoms with E-state index in [0.717, 1.165) is 43.9 Å². The molecule has 1 fully saturated rings. The van der Waals surface area contributed by atoms with Gasteiger partial charge in [-0.05, 0) is 35.4 Å². The average Bonchev–Trinajstić information content (AvgIpc) is 2.69. The summed E-state index contributed by atoms with van der Waals surface area (Å²) < 4.78 is 0. The van der Waals surface area contributed by atoms with Gasteiger partial charge >= 0.3 is 0 Å². The van der Waals surface area contributed by atoms with Crippen molar-refractivity contribution in [3.63, 3.8) is 0 Å². The highest BCUT2D eigenvalue weighted by molar-refractivity contribution is 7.99. The fourth-order valence-corrected chi connectivity index (χ4v) is 3.45. The molecule has 4 heteroatoms. The van der Waals surface area contributed by atoms with E-state index in [1.165, 1.54) is 16.9 Å². The zero-order valence-corrected chi connectivity index (χ0v) is 11.3. The monoisotopic (exact) mass is 262 g/mol. The smallest absolute Gasteiger partial charge is 0.253 e. The topological polar surface area (TPSA) is 32.3 Å². The van der Waals surface area contributed by atoms with E-state index < -0.39 is 0 Å². The Hall–Kier alpha value is -1.00. The maximum Gasteiger partial charge on any atom is 0.253 e. The Kier molecular flexibility index (Phi) is 3.57. The van der Waals surface area contributed by atoms with Gasteiger partial charge < -0.3 is 10.2 Å². The number of rotatable bonds is 1. The fourth-order valence-electron chi connectivity index (χ4n) is 2.56. The van der Waals surface area contributed by atoms with E-state index in [4.69, 9.17) is 0 Å². The van der Waals surface area contributed by atoms with Crippen molar-refractivity contribution in [1.82, 2.24) is 10.2 Å². The standard InChI is InChI=1S/C14H18N2OS/c17-14(16-4-1-6-18-7-5-16)11-2-3-12-9-15-10-13(12)8-11/h2-3,8,15H,1,4-7,9-10H2. The Bertz CT molecular complexity index is 453. The molecule has 0 bridgehead atoms. The summed E-state index contributed by atoms with van der Waals surface area (Å²) in [5.41, 5.74) is 3.47. The lowest BCUT2D eigenvalue weighted by Crippen LogP contribution is -2.32. The zero-order valence-electron chi connectivity index (χ0n) is 10.4. The zero-order chi connectivity index (χ0) is 12.4. The normalized spacial score (nSPS) is 19.4. The lowest BCUT2D eigenvalue weighted by molar-refractivity contribution is 0.0768. The molecule has 0 aromatic heterocycles. The van der Waals surface area contributed by atoms with Gasteiger partial charge in [0.2, 0.25) is 0 Å². The molecule has 1 N–H and O–H groups in total. The van der Waals surface area contributed by atoms with Crippen LogP contribution in [0.2, 0.25) is 0 Å². The minimum atomic E-state index is 0.201. The van der Waals surface area contributed by atoms with Gasteiger partial charge in [0, 0.05) is 37.5 Å². The lowest BCUT2D eigenvalue weighted by Gasteiger charge is -2.20. The van der Waals surface area contributed by atoms with E-state index in [1.807, 2.05) is 22.7 Å². The molecule has 0 radical (unpaired) electrons. The van der Waals surface area contributed by atoms with Crippen molar-refractivity contribution in [2.45, 2.75) is 19.5 Å². The number of hydrogen-bond acceptors (Lipinski definition) is 3. The molecule has 96 valence electrons. The minimum absolute atomic E-state index is 0.201. The molecule has 1 amide bonds. The van der Waals surface area contributed by atoms with E-state index in [1.54, 1.807) is 0 Å². The van der Waals surface area contributed by atoms with E-state index in [-0.39, 0.29) is 5.91 Å². The molecule has 0 unspecified atom stereocenters. The summed E-state index contributed by atoms with van der Waals surface area (Å²) in [5.74, 6) is 2.45. The van der Waals surface area contributed by atoms with Gasteiger partial charge in [-0.1, -0.05) is 6.07 Å². The molecule has 18 heavy (non-hydrogen) atoms. The van der Waals surface area contributed by atoms with Gasteiger partial charge in [0.15, 0.2) is 0 Å². The Balaban J connectivity index is 1.79. The van der Waals surface area contributed by atoms with Crippen LogP contribution in [0.1, 0.15) is 27.9 Å². The molecule has 2 aliphatic rings. The van der Waals surface area contributed by atoms with Gasteiger partial charge in [-0.2, -0.15) is 11.8 Å². The highest BCUT2D eigenvalue weighted by atomic mass is 32.2. The Labute approximate surface area is 112 Å². The van der Waals surface area contributed by atoms with Crippen LogP contribution in [0.25, 0.3) is 0 Å². The van der Waals surface area contributed by atoms with Crippen molar-refractivity contribution in [2.75, 3.05) is 24.6 Å². The van der Waals surface area contributed by atoms with Crippen molar-refractivity contribution >= 4 is 17.7 Å². The summed E-state index contributed by atoms with van der Waals surface area (Å²) in [6.07, 6.45) is 1.11. The van der Waals surface area contributed by atoms with Crippen LogP contribution in [0.5, 0.6) is 0 Å². The second kappa shape index (κ2) is 5.33. The summed E-state index contributed by atoms with van der Waals surface area (Å²) in [6.45, 7) is 3.62. The molecule has 0 atom stereocenters. The number of benzene rings is 1. The molecule has 2 heterocycles. The van der Waals surface area contributed by atoms with Crippen LogP contribution in [0.3, 0.4) is 0 Å². The molecule has 2 aliphatic heterocycles. The lowest BCUT2D eigenvalue weighted by atomic mass is 10.1. The second-order valence-corrected chi connectivity index (χ2v) is 6.07. The Morgan fingerprint density at radius 2 is 2.06 bits per heavy atom. The molecule has 1 aromatic carbocycles. The van der Waals surface area contributed by atoms with E-state index in [9.17, 15) is 4.79 Å². The largest absolute Gasteiger partial charge is 0.338 e. The highest BCUT2D eigenvalue weighted by Crippen LogP contribution is 2.19. The fraction of sp³-hybridized carbons (Fsp3) is 0.500. The van der Waals surface area contributed by atoms with Gasteiger partial charge in [0.25, 0.3) is 5.91 Å². The van der Waals surface area contributed by atoms with E-state index in [2.05, 4.69) is 17.4 Å². The van der Waals surface area contributed by atoms with Crippen LogP contribution >= 0.6 is 11.8 Å². The van der Waals surface area contributed by atoms with Gasteiger partial charge in [-0.3, -0.25) is 4.79 Å². The first-order chi connectivity index (χ1) is 8.84. The Morgan fingerprint density at radius 3 is 3.00 bits per heavy atom. The third kappa shape index (κ3) is 2.40. The second-order valence-electron chi connectivity index (χ2n) is 4.85. The van der Waals surface area contributed by atoms with Crippen molar-refractivity contribution in [1.29, 1.82) is 0 Å². The van der Waals surface area contributed by atoms with Gasteiger partial charge in [-0.25, -0.2) is 0 Å². The number of carbonyl (C=O) groups is 1. The van der Waals surface area contributed by atoms with Crippen LogP contribution in [0.15, 0.2) is 18.2 Å². The summed E-state index contributed by atoms with van der Waals surface area (Å²) >= 11 is 1.95. The number of carbonyl (C=O) groups excluding carboxylic acids is 1. The first kappa shape index (κ1) is 12.1. The SMILES string of the molecule is O=C(c1ccc2c(c1)CNC2)N1CCCSCC1. The number of nitrogens with zero attached hydrogens (tertiary/aromatic N) is 1. The van der Waals surface area contributed by atoms with Gasteiger partial charge in [0.05, 0.1) is 0 Å². The van der Waals surface area contributed by atoms with Crippen molar-refractivity contribution in [2.24, 2.45) is 0 Å². The quantitative estimate of drug-likeness (QED) is 0.838. The van der Waals surface area contributed by atoms with Crippen molar-refractivity contribution < 1.29 is 4.79 Å². The summed E-state index contributed by atoms with van der Waals surface area (Å²) in [4.78, 5) is 14.5. The molecule has 1 saturated heterocycles. The van der Waals surface area contributed by atoms with Crippen LogP contribution in [0.4, 0.5) is 0 Å². The van der Waals surface area contributed by atoms with Gasteiger partial charge in [-0.15, -0.1) is 0 Å². The van der Waals surface area contributed by atoms with E-state index >= 15 is 0 Å². The number of nitrogens with one attached hydrogen (secondary N) is 1. The first-order valence-corrected chi connectivity index (χ1v) is 7.69. The average molecular weight is 262 g/mol. The number of amides is 1. The number of hydrogen-bond donors (Lipinski definition) is 1. The van der Waals surface area contributed by atoms with Crippen LogP contribution in [-0.2, 0) is 13.1 Å². The predicted molar refractivity (Wildman–Crippen MR) is 74.8 cm³/mol. The maximum absolute atomic E-state index is 12.4. The third-order valence-corrected chi connectivity index (χ3v) is 4.64. The molecule has 0 spiro atoms. The molecular formula is C14H18N2OS. The number of fused-ring (bicyclic) bond motifs is 1. The highest BCUT2D eigenvalue weighted by Gasteiger charge is 2.19. The molecule has 0 saturated carbocycles. The number of thioether (sulfide) groups is 1. The molecule has 0 aliphatic carbocycles. The molecule has 3 rings (SSSR count). The predicted octanol–water partition coefficient (Wildman–Crippen LogP) is 1.87. The van der Waals surface area contributed by atoms with Crippen molar-refractivity contribution in [3.8, 4) is 0 Å². The first-order valence-electron chi connectivity index (χ1n) is 6.54. The molecule has 3 nitrogen and oxygen atoms in total. The summed E-state index contributed by atoms with van der Waals surface area (Å²) in [6, 6.07) is 6.14. The summed E-state index contributed by atoms with van der Waals surface area (Å²) in [7, 11) is 0. The maximum atomic E-state index is 12.4. The van der Waals surface area contributed by atoms with Crippen LogP contribution in [0, 0.1) is 0 Å². The van der Waals surface area contributed by atoms with Gasteiger partial charge in [0.1, 0.15) is 0 Å². The van der Waals surface area contributed by atoms with Crippen molar-refractivity contribution in [3.05, 3.63) is 34.9 Å². The van der Waals surface area contributed by atoms with E-state index in [0.29, 0.717) is 0 Å². The van der Waals surface area contributed by atoms with Crippen LogP contribution < -0.4 is 5.32 Å². The van der Waals surface area contributed by atoms with Crippen LogP contribution in [-0.4, -0.2) is 35.4 Å². The minimum Gasteiger partial charge on any atom is -0.338 e. The summed E-state index contributed by atoms with van der Waals surface area (Å²) in [5, 5.41) is 3.32.